The molecule has 0 radical (unpaired) electrons. The summed E-state index contributed by atoms with van der Waals surface area (Å²) in [6.45, 7) is 0. The largest absolute Gasteiger partial charge is 0.388 e. The summed E-state index contributed by atoms with van der Waals surface area (Å²) in [5, 5.41) is 2.96. The Kier molecular flexibility index (Phi) is 3.73. The number of anilines is 1. The minimum Gasteiger partial charge on any atom is -0.388 e. The second kappa shape index (κ2) is 4.83. The van der Waals surface area contributed by atoms with E-state index in [0.29, 0.717) is 5.56 Å². The molecule has 14 heavy (non-hydrogen) atoms. The van der Waals surface area contributed by atoms with Crippen molar-refractivity contribution in [2.75, 3.05) is 19.4 Å². The number of hydrogen-bond acceptors (Lipinski definition) is 3. The van der Waals surface area contributed by atoms with E-state index in [1.54, 1.807) is 19.2 Å². The third-order valence-electron chi connectivity index (χ3n) is 1.80. The highest BCUT2D eigenvalue weighted by atomic mass is 35.5. The van der Waals surface area contributed by atoms with Crippen LogP contribution in [0, 0.1) is 0 Å². The molecule has 4 nitrogen and oxygen atoms in total. The van der Waals surface area contributed by atoms with Gasteiger partial charge in [-0.2, -0.15) is 4.53 Å². The Labute approximate surface area is 87.9 Å². The highest BCUT2D eigenvalue weighted by Crippen LogP contribution is 2.10. The molecule has 0 fully saturated rings. The molecule has 76 valence electrons. The normalized spacial score (nSPS) is 9.64. The zero-order valence-electron chi connectivity index (χ0n) is 8.04. The summed E-state index contributed by atoms with van der Waals surface area (Å²) < 4.78 is 0.911. The molecule has 0 saturated heterocycles. The number of hydrogen-bond donors (Lipinski definition) is 2. The van der Waals surface area contributed by atoms with Gasteiger partial charge in [-0.15, -0.1) is 0 Å². The number of hydrazine groups is 1. The molecule has 0 atom stereocenters. The fraction of sp³-hybridized carbons (Fsp3) is 0.222. The first-order valence-corrected chi connectivity index (χ1v) is 4.48. The van der Waals surface area contributed by atoms with Gasteiger partial charge in [-0.25, -0.2) is 5.43 Å². The van der Waals surface area contributed by atoms with Gasteiger partial charge in [0.2, 0.25) is 0 Å². The van der Waals surface area contributed by atoms with Gasteiger partial charge >= 0.3 is 0 Å². The lowest BCUT2D eigenvalue weighted by Crippen LogP contribution is -2.31. The van der Waals surface area contributed by atoms with Crippen molar-refractivity contribution in [2.45, 2.75) is 0 Å². The van der Waals surface area contributed by atoms with Gasteiger partial charge in [0.1, 0.15) is 0 Å². The van der Waals surface area contributed by atoms with Crippen molar-refractivity contribution in [3.63, 3.8) is 0 Å². The standard InChI is InChI=1S/C9H12ClN3O/c1-11-8-5-3-7(4-6-8)9(14)13(10)12-2/h3-6,11-12H,1-2H3. The minimum atomic E-state index is -0.281. The smallest absolute Gasteiger partial charge is 0.283 e. The molecule has 0 spiro atoms. The molecule has 5 heteroatoms. The van der Waals surface area contributed by atoms with Crippen LogP contribution in [0.2, 0.25) is 0 Å². The number of halogens is 1. The molecular formula is C9H12ClN3O. The third-order valence-corrected chi connectivity index (χ3v) is 2.12. The molecule has 0 bridgehead atoms. The molecule has 0 aliphatic heterocycles. The van der Waals surface area contributed by atoms with Crippen LogP contribution < -0.4 is 10.7 Å². The molecule has 1 rings (SSSR count). The van der Waals surface area contributed by atoms with Gasteiger partial charge in [0.25, 0.3) is 5.91 Å². The average Bonchev–Trinajstić information content (AvgIpc) is 2.27. The van der Waals surface area contributed by atoms with Crippen molar-refractivity contribution < 1.29 is 4.79 Å². The predicted octanol–water partition coefficient (Wildman–Crippen LogP) is 1.46. The van der Waals surface area contributed by atoms with E-state index >= 15 is 0 Å². The minimum absolute atomic E-state index is 0.281. The van der Waals surface area contributed by atoms with Gasteiger partial charge in [-0.05, 0) is 24.3 Å². The molecule has 1 amide bonds. The summed E-state index contributed by atoms with van der Waals surface area (Å²) in [6, 6.07) is 7.04. The van der Waals surface area contributed by atoms with E-state index in [2.05, 4.69) is 10.7 Å². The van der Waals surface area contributed by atoms with Gasteiger partial charge in [0.05, 0.1) is 0 Å². The maximum atomic E-state index is 11.5. The number of carbonyl (C=O) groups is 1. The van der Waals surface area contributed by atoms with Crippen LogP contribution in [0.5, 0.6) is 0 Å². The quantitative estimate of drug-likeness (QED) is 0.590. The molecular weight excluding hydrogens is 202 g/mol. The van der Waals surface area contributed by atoms with Crippen molar-refractivity contribution in [3.8, 4) is 0 Å². The van der Waals surface area contributed by atoms with Crippen LogP contribution in [0.25, 0.3) is 0 Å². The molecule has 1 aromatic carbocycles. The second-order valence-corrected chi connectivity index (χ2v) is 2.98. The van der Waals surface area contributed by atoms with Crippen molar-refractivity contribution in [3.05, 3.63) is 29.8 Å². The van der Waals surface area contributed by atoms with E-state index in [9.17, 15) is 4.79 Å². The summed E-state index contributed by atoms with van der Waals surface area (Å²) in [7, 11) is 3.39. The maximum absolute atomic E-state index is 11.5. The van der Waals surface area contributed by atoms with Gasteiger partial charge in [0, 0.05) is 37.1 Å². The summed E-state index contributed by atoms with van der Waals surface area (Å²) in [5.74, 6) is -0.281. The summed E-state index contributed by atoms with van der Waals surface area (Å²) in [4.78, 5) is 11.5. The Morgan fingerprint density at radius 2 is 1.86 bits per heavy atom. The first-order valence-electron chi connectivity index (χ1n) is 4.14. The topological polar surface area (TPSA) is 44.4 Å². The number of benzene rings is 1. The molecule has 0 heterocycles. The van der Waals surface area contributed by atoms with E-state index in [-0.39, 0.29) is 5.91 Å². The van der Waals surface area contributed by atoms with E-state index < -0.39 is 0 Å². The van der Waals surface area contributed by atoms with E-state index in [1.807, 2.05) is 19.2 Å². The lowest BCUT2D eigenvalue weighted by atomic mass is 10.2. The molecule has 0 unspecified atom stereocenters. The second-order valence-electron chi connectivity index (χ2n) is 2.64. The van der Waals surface area contributed by atoms with Crippen LogP contribution in [0.15, 0.2) is 24.3 Å². The number of carbonyl (C=O) groups excluding carboxylic acids is 1. The lowest BCUT2D eigenvalue weighted by Gasteiger charge is -2.11. The van der Waals surface area contributed by atoms with Crippen molar-refractivity contribution >= 4 is 23.4 Å². The summed E-state index contributed by atoms with van der Waals surface area (Å²) in [5.41, 5.74) is 4.01. The highest BCUT2D eigenvalue weighted by molar-refractivity contribution is 6.23. The zero-order valence-corrected chi connectivity index (χ0v) is 8.80. The fourth-order valence-electron chi connectivity index (χ4n) is 0.994. The van der Waals surface area contributed by atoms with Crippen LogP contribution in [-0.2, 0) is 0 Å². The number of amides is 1. The highest BCUT2D eigenvalue weighted by Gasteiger charge is 2.11. The van der Waals surface area contributed by atoms with Crippen LogP contribution in [0.3, 0.4) is 0 Å². The number of rotatable bonds is 3. The van der Waals surface area contributed by atoms with E-state index in [0.717, 1.165) is 10.2 Å². The Bertz CT molecular complexity index is 312. The Morgan fingerprint density at radius 3 is 2.29 bits per heavy atom. The summed E-state index contributed by atoms with van der Waals surface area (Å²) >= 11 is 5.58. The van der Waals surface area contributed by atoms with Crippen LogP contribution >= 0.6 is 11.8 Å². The first kappa shape index (κ1) is 10.8. The van der Waals surface area contributed by atoms with Crippen molar-refractivity contribution in [1.82, 2.24) is 9.95 Å². The van der Waals surface area contributed by atoms with Gasteiger partial charge in [-0.3, -0.25) is 4.79 Å². The maximum Gasteiger partial charge on any atom is 0.283 e. The Morgan fingerprint density at radius 1 is 1.29 bits per heavy atom. The third kappa shape index (κ3) is 2.37. The molecule has 2 N–H and O–H groups in total. The van der Waals surface area contributed by atoms with Crippen LogP contribution in [0.1, 0.15) is 10.4 Å². The van der Waals surface area contributed by atoms with Crippen LogP contribution in [0.4, 0.5) is 5.69 Å². The van der Waals surface area contributed by atoms with Gasteiger partial charge < -0.3 is 5.32 Å². The van der Waals surface area contributed by atoms with E-state index in [4.69, 9.17) is 11.8 Å². The van der Waals surface area contributed by atoms with Gasteiger partial charge in [0.15, 0.2) is 0 Å². The fourth-order valence-corrected chi connectivity index (χ4v) is 1.09. The first-order chi connectivity index (χ1) is 6.69. The van der Waals surface area contributed by atoms with E-state index in [1.165, 1.54) is 0 Å². The molecule has 0 saturated carbocycles. The van der Waals surface area contributed by atoms with Crippen molar-refractivity contribution in [2.24, 2.45) is 0 Å². The SMILES string of the molecule is CNc1ccc(C(=O)N(Cl)NC)cc1. The number of nitrogens with one attached hydrogen (secondary N) is 2. The monoisotopic (exact) mass is 213 g/mol. The Balaban J connectivity index is 2.81. The summed E-state index contributed by atoms with van der Waals surface area (Å²) in [6.07, 6.45) is 0. The molecule has 0 aliphatic rings. The Hall–Kier alpha value is -1.26. The average molecular weight is 214 g/mol. The predicted molar refractivity (Wildman–Crippen MR) is 57.1 cm³/mol. The van der Waals surface area contributed by atoms with Gasteiger partial charge in [-0.1, -0.05) is 0 Å². The van der Waals surface area contributed by atoms with Crippen LogP contribution in [-0.4, -0.2) is 24.5 Å². The zero-order chi connectivity index (χ0) is 10.6. The molecule has 0 aliphatic carbocycles. The van der Waals surface area contributed by atoms with Crippen molar-refractivity contribution in [1.29, 1.82) is 0 Å². The lowest BCUT2D eigenvalue weighted by molar-refractivity contribution is 0.0826. The number of nitrogens with zero attached hydrogens (tertiary/aromatic N) is 1. The molecule has 1 aromatic rings. The molecule has 0 aromatic heterocycles.